The van der Waals surface area contributed by atoms with E-state index in [2.05, 4.69) is 15.3 Å². The maximum atomic E-state index is 10.7. The Balaban J connectivity index is 2.20. The molecule has 0 aliphatic heterocycles. The number of nitrogens with zero attached hydrogens (tertiary/aromatic N) is 3. The normalized spacial score (nSPS) is 10.0. The summed E-state index contributed by atoms with van der Waals surface area (Å²) in [6.45, 7) is 0.314. The van der Waals surface area contributed by atoms with Crippen LogP contribution in [0, 0.1) is 10.1 Å². The van der Waals surface area contributed by atoms with Crippen LogP contribution < -0.4 is 14.8 Å². The van der Waals surface area contributed by atoms with E-state index >= 15 is 0 Å². The second-order valence-corrected chi connectivity index (χ2v) is 4.03. The van der Waals surface area contributed by atoms with E-state index in [1.54, 1.807) is 12.1 Å². The van der Waals surface area contributed by atoms with Crippen molar-refractivity contribution in [3.05, 3.63) is 46.3 Å². The molecule has 0 amide bonds. The lowest BCUT2D eigenvalue weighted by atomic mass is 10.2. The number of rotatable bonds is 6. The summed E-state index contributed by atoms with van der Waals surface area (Å²) in [6, 6.07) is 6.22. The van der Waals surface area contributed by atoms with Gasteiger partial charge in [0.2, 0.25) is 11.8 Å². The molecule has 0 unspecified atom stereocenters. The van der Waals surface area contributed by atoms with Gasteiger partial charge in [-0.1, -0.05) is 6.07 Å². The van der Waals surface area contributed by atoms with Crippen LogP contribution in [0.4, 0.5) is 11.4 Å². The molecule has 110 valence electrons. The topological polar surface area (TPSA) is 99.4 Å². The Morgan fingerprint density at radius 2 is 1.90 bits per heavy atom. The second-order valence-electron chi connectivity index (χ2n) is 4.03. The highest BCUT2D eigenvalue weighted by atomic mass is 16.6. The van der Waals surface area contributed by atoms with Crippen LogP contribution in [0.5, 0.6) is 11.8 Å². The number of hydrogen-bond acceptors (Lipinski definition) is 7. The van der Waals surface area contributed by atoms with Crippen LogP contribution in [0.15, 0.2) is 30.6 Å². The zero-order chi connectivity index (χ0) is 15.2. The molecule has 1 aromatic carbocycles. The third-order valence-electron chi connectivity index (χ3n) is 2.78. The van der Waals surface area contributed by atoms with Gasteiger partial charge in [-0.2, -0.15) is 0 Å². The number of anilines is 1. The van der Waals surface area contributed by atoms with E-state index < -0.39 is 4.92 Å². The molecule has 1 N–H and O–H groups in total. The molecule has 0 atom stereocenters. The quantitative estimate of drug-likeness (QED) is 0.641. The number of nitro benzene ring substituents is 1. The fraction of sp³-hybridized carbons (Fsp3) is 0.231. The summed E-state index contributed by atoms with van der Waals surface area (Å²) in [7, 11) is 3.00. The van der Waals surface area contributed by atoms with E-state index in [0.29, 0.717) is 29.6 Å². The van der Waals surface area contributed by atoms with E-state index in [4.69, 9.17) is 9.47 Å². The zero-order valence-electron chi connectivity index (χ0n) is 11.6. The van der Waals surface area contributed by atoms with Crippen molar-refractivity contribution in [3.8, 4) is 11.8 Å². The highest BCUT2D eigenvalue weighted by molar-refractivity contribution is 5.52. The summed E-state index contributed by atoms with van der Waals surface area (Å²) in [5, 5.41) is 13.8. The first kappa shape index (κ1) is 14.5. The van der Waals surface area contributed by atoms with Gasteiger partial charge in [0.1, 0.15) is 6.33 Å². The molecule has 1 aromatic heterocycles. The molecular formula is C13H14N4O4. The number of ether oxygens (including phenoxy) is 2. The lowest BCUT2D eigenvalue weighted by Gasteiger charge is -2.12. The zero-order valence-corrected chi connectivity index (χ0v) is 11.6. The molecule has 2 rings (SSSR count). The van der Waals surface area contributed by atoms with Crippen molar-refractivity contribution < 1.29 is 14.4 Å². The molecule has 0 saturated carbocycles. The van der Waals surface area contributed by atoms with Crippen molar-refractivity contribution in [1.82, 2.24) is 9.97 Å². The van der Waals surface area contributed by atoms with Gasteiger partial charge in [-0.25, -0.2) is 9.97 Å². The lowest BCUT2D eigenvalue weighted by molar-refractivity contribution is -0.384. The van der Waals surface area contributed by atoms with Crippen LogP contribution >= 0.6 is 0 Å². The number of aromatic nitrogens is 2. The van der Waals surface area contributed by atoms with Crippen molar-refractivity contribution in [3.63, 3.8) is 0 Å². The molecule has 21 heavy (non-hydrogen) atoms. The second kappa shape index (κ2) is 6.51. The monoisotopic (exact) mass is 290 g/mol. The molecule has 0 fully saturated rings. The highest BCUT2D eigenvalue weighted by Gasteiger charge is 2.13. The molecule has 0 saturated heterocycles. The number of non-ortho nitro benzene ring substituents is 1. The summed E-state index contributed by atoms with van der Waals surface area (Å²) in [5.41, 5.74) is 1.26. The Bertz CT molecular complexity index is 626. The summed E-state index contributed by atoms with van der Waals surface area (Å²) < 4.78 is 10.3. The SMILES string of the molecule is COc1ncnc(OC)c1CNc1cccc([N+](=O)[O-])c1. The average molecular weight is 290 g/mol. The van der Waals surface area contributed by atoms with E-state index in [1.807, 2.05) is 0 Å². The number of benzene rings is 1. The van der Waals surface area contributed by atoms with Gasteiger partial charge < -0.3 is 14.8 Å². The number of nitrogens with one attached hydrogen (secondary N) is 1. The third-order valence-corrected chi connectivity index (χ3v) is 2.78. The minimum absolute atomic E-state index is 0.0169. The maximum Gasteiger partial charge on any atom is 0.271 e. The Morgan fingerprint density at radius 3 is 2.48 bits per heavy atom. The van der Waals surface area contributed by atoms with Gasteiger partial charge in [0, 0.05) is 17.8 Å². The van der Waals surface area contributed by atoms with E-state index in [-0.39, 0.29) is 5.69 Å². The van der Waals surface area contributed by atoms with Crippen molar-refractivity contribution in [1.29, 1.82) is 0 Å². The molecule has 8 nitrogen and oxygen atoms in total. The summed E-state index contributed by atoms with van der Waals surface area (Å²) in [6.07, 6.45) is 1.34. The number of hydrogen-bond donors (Lipinski definition) is 1. The van der Waals surface area contributed by atoms with Crippen molar-refractivity contribution in [2.24, 2.45) is 0 Å². The first-order valence-electron chi connectivity index (χ1n) is 6.06. The molecule has 0 aliphatic carbocycles. The van der Waals surface area contributed by atoms with Gasteiger partial charge in [-0.15, -0.1) is 0 Å². The minimum Gasteiger partial charge on any atom is -0.481 e. The van der Waals surface area contributed by atoms with Gasteiger partial charge in [0.05, 0.1) is 31.3 Å². The molecule has 0 aliphatic rings. The maximum absolute atomic E-state index is 10.7. The Labute approximate surface area is 120 Å². The fourth-order valence-electron chi connectivity index (χ4n) is 1.80. The van der Waals surface area contributed by atoms with Crippen molar-refractivity contribution in [2.75, 3.05) is 19.5 Å². The smallest absolute Gasteiger partial charge is 0.271 e. The first-order chi connectivity index (χ1) is 10.2. The molecule has 1 heterocycles. The van der Waals surface area contributed by atoms with E-state index in [9.17, 15) is 10.1 Å². The summed E-state index contributed by atoms with van der Waals surface area (Å²) in [4.78, 5) is 18.3. The minimum atomic E-state index is -0.446. The molecular weight excluding hydrogens is 276 g/mol. The Morgan fingerprint density at radius 1 is 1.24 bits per heavy atom. The predicted octanol–water partition coefficient (Wildman–Crippen LogP) is 2.01. The first-order valence-corrected chi connectivity index (χ1v) is 6.06. The van der Waals surface area contributed by atoms with Gasteiger partial charge >= 0.3 is 0 Å². The summed E-state index contributed by atoms with van der Waals surface area (Å²) in [5.74, 6) is 0.777. The van der Waals surface area contributed by atoms with Crippen LogP contribution in [-0.2, 0) is 6.54 Å². The van der Waals surface area contributed by atoms with Crippen molar-refractivity contribution >= 4 is 11.4 Å². The third kappa shape index (κ3) is 3.35. The molecule has 0 radical (unpaired) electrons. The molecule has 8 heteroatoms. The van der Waals surface area contributed by atoms with Crippen LogP contribution in [0.3, 0.4) is 0 Å². The van der Waals surface area contributed by atoms with Crippen LogP contribution in [0.25, 0.3) is 0 Å². The largest absolute Gasteiger partial charge is 0.481 e. The van der Waals surface area contributed by atoms with Crippen LogP contribution in [-0.4, -0.2) is 29.1 Å². The van der Waals surface area contributed by atoms with Gasteiger partial charge in [0.25, 0.3) is 5.69 Å². The molecule has 0 spiro atoms. The summed E-state index contributed by atoms with van der Waals surface area (Å²) >= 11 is 0. The Hall–Kier alpha value is -2.90. The lowest BCUT2D eigenvalue weighted by Crippen LogP contribution is -2.06. The van der Waals surface area contributed by atoms with Gasteiger partial charge in [-0.3, -0.25) is 10.1 Å². The van der Waals surface area contributed by atoms with E-state index in [1.165, 1.54) is 32.7 Å². The molecule has 2 aromatic rings. The number of nitro groups is 1. The van der Waals surface area contributed by atoms with Crippen LogP contribution in [0.2, 0.25) is 0 Å². The predicted molar refractivity (Wildman–Crippen MR) is 75.6 cm³/mol. The molecule has 0 bridgehead atoms. The standard InChI is InChI=1S/C13H14N4O4/c1-20-12-11(13(21-2)16-8-15-12)7-14-9-4-3-5-10(6-9)17(18)19/h3-6,8,14H,7H2,1-2H3. The van der Waals surface area contributed by atoms with Crippen molar-refractivity contribution in [2.45, 2.75) is 6.54 Å². The Kier molecular flexibility index (Phi) is 4.50. The van der Waals surface area contributed by atoms with Gasteiger partial charge in [0.15, 0.2) is 0 Å². The highest BCUT2D eigenvalue weighted by Crippen LogP contribution is 2.25. The van der Waals surface area contributed by atoms with Gasteiger partial charge in [-0.05, 0) is 6.07 Å². The fourth-order valence-corrected chi connectivity index (χ4v) is 1.80. The average Bonchev–Trinajstić information content (AvgIpc) is 2.52. The van der Waals surface area contributed by atoms with E-state index in [0.717, 1.165) is 0 Å². The number of methoxy groups -OCH3 is 2. The van der Waals surface area contributed by atoms with Crippen LogP contribution in [0.1, 0.15) is 5.56 Å².